The summed E-state index contributed by atoms with van der Waals surface area (Å²) in [5.74, 6) is -1.30. The molecule has 1 atom stereocenters. The van der Waals surface area contributed by atoms with Crippen LogP contribution < -0.4 is 4.90 Å². The summed E-state index contributed by atoms with van der Waals surface area (Å²) in [6.07, 6.45) is 1.24. The maximum absolute atomic E-state index is 13.3. The second-order valence-corrected chi connectivity index (χ2v) is 9.81. The third-order valence-electron chi connectivity index (χ3n) is 7.73. The molecular formula is C25H29N5O6. The van der Waals surface area contributed by atoms with E-state index < -0.39 is 5.66 Å². The quantitative estimate of drug-likeness (QED) is 0.539. The lowest BCUT2D eigenvalue weighted by atomic mass is 9.98. The minimum atomic E-state index is -0.807. The second kappa shape index (κ2) is 9.03. The number of carbonyl (C=O) groups excluding carboxylic acids is 6. The molecule has 3 fully saturated rings. The lowest BCUT2D eigenvalue weighted by Crippen LogP contribution is -2.62. The van der Waals surface area contributed by atoms with E-state index in [0.29, 0.717) is 50.3 Å². The van der Waals surface area contributed by atoms with Gasteiger partial charge in [-0.3, -0.25) is 38.6 Å². The van der Waals surface area contributed by atoms with Crippen molar-refractivity contribution < 1.29 is 28.8 Å². The van der Waals surface area contributed by atoms with Crippen molar-refractivity contribution >= 4 is 41.1 Å². The van der Waals surface area contributed by atoms with Gasteiger partial charge in [-0.25, -0.2) is 0 Å². The number of para-hydroxylation sites is 1. The highest BCUT2D eigenvalue weighted by atomic mass is 16.2. The SMILES string of the molecule is CC12CCC(=O)N1c1ccccc1C(=O)N2CCC(=O)N1CCN(C(=O)CN2C(=O)CCC2=O)CC1. The van der Waals surface area contributed by atoms with Crippen molar-refractivity contribution in [3.8, 4) is 0 Å². The average molecular weight is 496 g/mol. The molecule has 1 aromatic carbocycles. The molecule has 0 bridgehead atoms. The van der Waals surface area contributed by atoms with Crippen LogP contribution in [0.4, 0.5) is 5.69 Å². The molecule has 11 heteroatoms. The lowest BCUT2D eigenvalue weighted by molar-refractivity contribution is -0.147. The third-order valence-corrected chi connectivity index (χ3v) is 7.73. The number of rotatable bonds is 5. The third kappa shape index (κ3) is 3.92. The second-order valence-electron chi connectivity index (χ2n) is 9.81. The summed E-state index contributed by atoms with van der Waals surface area (Å²) < 4.78 is 0. The number of amides is 6. The Morgan fingerprint density at radius 2 is 1.44 bits per heavy atom. The van der Waals surface area contributed by atoms with Gasteiger partial charge in [0.15, 0.2) is 0 Å². The summed E-state index contributed by atoms with van der Waals surface area (Å²) in [5, 5.41) is 0. The molecule has 4 aliphatic rings. The summed E-state index contributed by atoms with van der Waals surface area (Å²) in [6, 6.07) is 7.06. The smallest absolute Gasteiger partial charge is 0.257 e. The maximum Gasteiger partial charge on any atom is 0.257 e. The van der Waals surface area contributed by atoms with Crippen molar-refractivity contribution in [1.82, 2.24) is 19.6 Å². The Labute approximate surface area is 208 Å². The number of piperazine rings is 1. The van der Waals surface area contributed by atoms with E-state index >= 15 is 0 Å². The zero-order valence-electron chi connectivity index (χ0n) is 20.3. The van der Waals surface area contributed by atoms with Crippen molar-refractivity contribution in [2.75, 3.05) is 44.2 Å². The Balaban J connectivity index is 1.18. The van der Waals surface area contributed by atoms with Crippen LogP contribution in [-0.2, 0) is 24.0 Å². The van der Waals surface area contributed by atoms with E-state index in [1.807, 2.05) is 13.0 Å². The van der Waals surface area contributed by atoms with Crippen LogP contribution in [0.25, 0.3) is 0 Å². The van der Waals surface area contributed by atoms with Gasteiger partial charge in [-0.1, -0.05) is 12.1 Å². The van der Waals surface area contributed by atoms with Crippen LogP contribution >= 0.6 is 0 Å². The van der Waals surface area contributed by atoms with E-state index in [9.17, 15) is 28.8 Å². The monoisotopic (exact) mass is 495 g/mol. The predicted octanol–water partition coefficient (Wildman–Crippen LogP) is 0.195. The van der Waals surface area contributed by atoms with E-state index in [1.54, 1.807) is 37.8 Å². The Morgan fingerprint density at radius 3 is 2.11 bits per heavy atom. The van der Waals surface area contributed by atoms with Crippen LogP contribution in [0.3, 0.4) is 0 Å². The highest BCUT2D eigenvalue weighted by molar-refractivity contribution is 6.10. The average Bonchev–Trinajstić information content (AvgIpc) is 3.36. The molecular weight excluding hydrogens is 466 g/mol. The maximum atomic E-state index is 13.3. The lowest BCUT2D eigenvalue weighted by Gasteiger charge is -2.48. The molecule has 0 saturated carbocycles. The van der Waals surface area contributed by atoms with Gasteiger partial charge >= 0.3 is 0 Å². The first-order valence-corrected chi connectivity index (χ1v) is 12.3. The number of likely N-dealkylation sites (tertiary alicyclic amines) is 1. The van der Waals surface area contributed by atoms with Gasteiger partial charge in [0.25, 0.3) is 5.91 Å². The van der Waals surface area contributed by atoms with Gasteiger partial charge in [-0.15, -0.1) is 0 Å². The number of nitrogens with zero attached hydrogens (tertiary/aromatic N) is 5. The molecule has 0 aliphatic carbocycles. The fourth-order valence-electron chi connectivity index (χ4n) is 5.65. The molecule has 1 aromatic rings. The van der Waals surface area contributed by atoms with Crippen molar-refractivity contribution in [3.05, 3.63) is 29.8 Å². The number of fused-ring (bicyclic) bond motifs is 3. The molecule has 0 radical (unpaired) electrons. The standard InChI is InChI=1S/C25H29N5O6/c1-25-10-8-22(34)30(25)18-5-3-2-4-17(18)24(36)29(25)11-9-19(31)26-12-14-27(15-13-26)23(35)16-28-20(32)6-7-21(28)33/h2-5H,6-16H2,1H3. The molecule has 6 amide bonds. The molecule has 0 aromatic heterocycles. The van der Waals surface area contributed by atoms with E-state index in [2.05, 4.69) is 0 Å². The highest BCUT2D eigenvalue weighted by Crippen LogP contribution is 2.44. The molecule has 0 N–H and O–H groups in total. The van der Waals surface area contributed by atoms with Gasteiger partial charge in [0, 0.05) is 58.4 Å². The number of benzene rings is 1. The van der Waals surface area contributed by atoms with Crippen LogP contribution in [0.5, 0.6) is 0 Å². The predicted molar refractivity (Wildman–Crippen MR) is 126 cm³/mol. The fourth-order valence-corrected chi connectivity index (χ4v) is 5.65. The summed E-state index contributed by atoms with van der Waals surface area (Å²) >= 11 is 0. The highest BCUT2D eigenvalue weighted by Gasteiger charge is 2.52. The minimum Gasteiger partial charge on any atom is -0.339 e. The summed E-state index contributed by atoms with van der Waals surface area (Å²) in [7, 11) is 0. The van der Waals surface area contributed by atoms with Crippen LogP contribution in [-0.4, -0.2) is 100.0 Å². The molecule has 36 heavy (non-hydrogen) atoms. The molecule has 190 valence electrons. The Hall–Kier alpha value is -3.76. The fraction of sp³-hybridized carbons (Fsp3) is 0.520. The number of anilines is 1. The summed E-state index contributed by atoms with van der Waals surface area (Å²) in [5.41, 5.74) is 0.270. The first-order chi connectivity index (χ1) is 17.2. The molecule has 11 nitrogen and oxygen atoms in total. The first-order valence-electron chi connectivity index (χ1n) is 12.3. The van der Waals surface area contributed by atoms with Crippen LogP contribution in [0.1, 0.15) is 49.4 Å². The van der Waals surface area contributed by atoms with Crippen molar-refractivity contribution in [1.29, 1.82) is 0 Å². The topological polar surface area (TPSA) is 119 Å². The van der Waals surface area contributed by atoms with Crippen LogP contribution in [0, 0.1) is 0 Å². The normalized spacial score (nSPS) is 24.0. The Bertz CT molecular complexity index is 1140. The molecule has 0 spiro atoms. The van der Waals surface area contributed by atoms with Crippen LogP contribution in [0.2, 0.25) is 0 Å². The summed E-state index contributed by atoms with van der Waals surface area (Å²) in [6.45, 7) is 3.11. The molecule has 1 unspecified atom stereocenters. The van der Waals surface area contributed by atoms with Crippen molar-refractivity contribution in [2.45, 2.75) is 44.7 Å². The van der Waals surface area contributed by atoms with E-state index in [-0.39, 0.29) is 67.8 Å². The van der Waals surface area contributed by atoms with Gasteiger partial charge in [-0.05, 0) is 25.5 Å². The van der Waals surface area contributed by atoms with E-state index in [1.165, 1.54) is 0 Å². The molecule has 4 heterocycles. The Morgan fingerprint density at radius 1 is 0.833 bits per heavy atom. The Kier molecular flexibility index (Phi) is 6.01. The van der Waals surface area contributed by atoms with Crippen LogP contribution in [0.15, 0.2) is 24.3 Å². The van der Waals surface area contributed by atoms with E-state index in [4.69, 9.17) is 0 Å². The molecule has 5 rings (SSSR count). The molecule has 4 aliphatic heterocycles. The number of imide groups is 1. The van der Waals surface area contributed by atoms with Gasteiger partial charge in [-0.2, -0.15) is 0 Å². The van der Waals surface area contributed by atoms with E-state index in [0.717, 1.165) is 4.90 Å². The summed E-state index contributed by atoms with van der Waals surface area (Å²) in [4.78, 5) is 82.7. The van der Waals surface area contributed by atoms with Crippen molar-refractivity contribution in [2.24, 2.45) is 0 Å². The number of hydrogen-bond acceptors (Lipinski definition) is 6. The molecule has 3 saturated heterocycles. The minimum absolute atomic E-state index is 0.0353. The van der Waals surface area contributed by atoms with Gasteiger partial charge in [0.1, 0.15) is 12.2 Å². The van der Waals surface area contributed by atoms with Gasteiger partial charge in [0.05, 0.1) is 11.3 Å². The number of hydrogen-bond donors (Lipinski definition) is 0. The van der Waals surface area contributed by atoms with Gasteiger partial charge < -0.3 is 14.7 Å². The number of carbonyl (C=O) groups is 6. The van der Waals surface area contributed by atoms with Crippen molar-refractivity contribution in [3.63, 3.8) is 0 Å². The zero-order chi connectivity index (χ0) is 25.6. The first kappa shape index (κ1) is 24.0. The zero-order valence-corrected chi connectivity index (χ0v) is 20.3. The largest absolute Gasteiger partial charge is 0.339 e. The van der Waals surface area contributed by atoms with Gasteiger partial charge in [0.2, 0.25) is 29.5 Å².